The lowest BCUT2D eigenvalue weighted by Crippen LogP contribution is -2.69. The first kappa shape index (κ1) is 28.0. The van der Waals surface area contributed by atoms with Crippen molar-refractivity contribution in [3.63, 3.8) is 0 Å². The van der Waals surface area contributed by atoms with E-state index < -0.39 is 22.8 Å². The minimum atomic E-state index is -0.718. The van der Waals surface area contributed by atoms with Gasteiger partial charge < -0.3 is 20.0 Å². The number of halogens is 2. The summed E-state index contributed by atoms with van der Waals surface area (Å²) in [6.07, 6.45) is 11.5. The Morgan fingerprint density at radius 3 is 2.81 bits per heavy atom. The van der Waals surface area contributed by atoms with Crippen LogP contribution in [0.3, 0.4) is 0 Å². The van der Waals surface area contributed by atoms with Gasteiger partial charge in [0.1, 0.15) is 17.5 Å². The molecule has 0 radical (unpaired) electrons. The Morgan fingerprint density at radius 2 is 2.07 bits per heavy atom. The molecule has 4 N–H and O–H groups in total. The molecule has 43 heavy (non-hydrogen) atoms. The van der Waals surface area contributed by atoms with Gasteiger partial charge in [-0.3, -0.25) is 19.0 Å². The van der Waals surface area contributed by atoms with E-state index in [9.17, 15) is 18.8 Å². The number of nitrogens with one attached hydrogen (secondary N) is 2. The maximum Gasteiger partial charge on any atom is 0.332 e. The molecule has 14 nitrogen and oxygen atoms in total. The van der Waals surface area contributed by atoms with Crippen molar-refractivity contribution < 1.29 is 14.2 Å². The normalized spacial score (nSPS) is 13.9. The molecule has 1 aliphatic carbocycles. The van der Waals surface area contributed by atoms with E-state index in [4.69, 9.17) is 17.4 Å². The Balaban J connectivity index is 1.21. The van der Waals surface area contributed by atoms with Crippen LogP contribution in [0.2, 0.25) is 5.02 Å². The third kappa shape index (κ3) is 5.30. The van der Waals surface area contributed by atoms with Crippen LogP contribution in [0.15, 0.2) is 58.1 Å². The number of nitrogens with two attached hydrogens (primary N) is 1. The third-order valence-electron chi connectivity index (χ3n) is 7.13. The highest BCUT2D eigenvalue weighted by Gasteiger charge is 2.26. The number of imidazole rings is 2. The first-order chi connectivity index (χ1) is 20.8. The van der Waals surface area contributed by atoms with Crippen LogP contribution in [0.5, 0.6) is 0 Å². The molecular weight excluding hydrogens is 581 g/mol. The van der Waals surface area contributed by atoms with Crippen LogP contribution in [-0.2, 0) is 24.4 Å². The second kappa shape index (κ2) is 11.2. The molecule has 0 unspecified atom stereocenters. The number of carbonyl (C=O) groups excluding carboxylic acids is 1. The van der Waals surface area contributed by atoms with Gasteiger partial charge in [0.15, 0.2) is 24.2 Å². The molecule has 1 fully saturated rings. The Morgan fingerprint density at radius 1 is 1.26 bits per heavy atom. The third-order valence-corrected chi connectivity index (χ3v) is 7.42. The molecule has 0 spiro atoms. The number of hydrogen-bond donors (Lipinski definition) is 3. The van der Waals surface area contributed by atoms with Crippen LogP contribution in [0.25, 0.3) is 16.9 Å². The van der Waals surface area contributed by atoms with Gasteiger partial charge in [0, 0.05) is 25.1 Å². The predicted octanol–water partition coefficient (Wildman–Crippen LogP) is -0.338. The van der Waals surface area contributed by atoms with E-state index in [0.717, 1.165) is 23.1 Å². The fourth-order valence-corrected chi connectivity index (χ4v) is 4.91. The van der Waals surface area contributed by atoms with Crippen LogP contribution < -0.4 is 27.3 Å². The zero-order valence-electron chi connectivity index (χ0n) is 22.9. The van der Waals surface area contributed by atoms with E-state index in [0.29, 0.717) is 22.9 Å². The van der Waals surface area contributed by atoms with Crippen LogP contribution in [-0.4, -0.2) is 51.0 Å². The van der Waals surface area contributed by atoms with E-state index >= 15 is 0 Å². The molecule has 5 aromatic rings. The summed E-state index contributed by atoms with van der Waals surface area (Å²) in [6.45, 7) is 2.11. The summed E-state index contributed by atoms with van der Waals surface area (Å²) in [5.41, 5.74) is 1.41. The highest BCUT2D eigenvalue weighted by atomic mass is 35.5. The van der Waals surface area contributed by atoms with Gasteiger partial charge in [-0.2, -0.15) is 10.2 Å². The summed E-state index contributed by atoms with van der Waals surface area (Å²) in [7, 11) is 0. The summed E-state index contributed by atoms with van der Waals surface area (Å²) in [5, 5.41) is 10.2. The number of amides is 1. The number of hydrogen-bond acceptors (Lipinski definition) is 8. The van der Waals surface area contributed by atoms with Crippen LogP contribution in [0, 0.1) is 5.82 Å². The molecule has 0 atom stereocenters. The number of pyridine rings is 2. The van der Waals surface area contributed by atoms with Crippen molar-refractivity contribution in [1.29, 1.82) is 0 Å². The van der Waals surface area contributed by atoms with Crippen molar-refractivity contribution in [1.82, 2.24) is 38.4 Å². The topological polar surface area (TPSA) is 173 Å². The zero-order chi connectivity index (χ0) is 30.2. The Kier molecular flexibility index (Phi) is 7.31. The second-order valence-corrected chi connectivity index (χ2v) is 10.4. The number of fused-ring (bicyclic) bond motifs is 2. The summed E-state index contributed by atoms with van der Waals surface area (Å²) < 4.78 is 20.1. The van der Waals surface area contributed by atoms with Gasteiger partial charge >= 0.3 is 11.1 Å². The molecule has 5 heterocycles. The quantitative estimate of drug-likeness (QED) is 0.0891. The van der Waals surface area contributed by atoms with Crippen molar-refractivity contribution in [3.05, 3.63) is 91.9 Å². The molecule has 1 saturated carbocycles. The van der Waals surface area contributed by atoms with E-state index in [1.165, 1.54) is 33.9 Å². The van der Waals surface area contributed by atoms with Crippen molar-refractivity contribution in [3.8, 4) is 5.69 Å². The molecule has 220 valence electrons. The van der Waals surface area contributed by atoms with E-state index in [1.54, 1.807) is 19.3 Å². The highest BCUT2D eigenvalue weighted by Crippen LogP contribution is 2.40. The molecule has 1 amide bonds. The minimum absolute atomic E-state index is 0.0579. The molecule has 6 rings (SSSR count). The average molecular weight is 607 g/mol. The smallest absolute Gasteiger partial charge is 0.332 e. The number of nitrogens with zero attached hydrogens (tertiary/aromatic N) is 8. The Labute approximate surface area is 247 Å². The zero-order valence-corrected chi connectivity index (χ0v) is 23.6. The fourth-order valence-electron chi connectivity index (χ4n) is 4.77. The summed E-state index contributed by atoms with van der Waals surface area (Å²) in [6, 6.07) is 3.28. The monoisotopic (exact) mass is 606 g/mol. The van der Waals surface area contributed by atoms with Gasteiger partial charge in [0.05, 0.1) is 29.3 Å². The minimum Gasteiger partial charge on any atom is -0.345 e. The van der Waals surface area contributed by atoms with Crippen molar-refractivity contribution in [2.75, 3.05) is 0 Å². The fraction of sp³-hybridized carbons (Fsp3) is 0.259. The van der Waals surface area contributed by atoms with Gasteiger partial charge in [0.25, 0.3) is 5.91 Å². The van der Waals surface area contributed by atoms with E-state index in [-0.39, 0.29) is 41.6 Å². The number of aryl methyl sites for hydroxylation is 1. The molecule has 5 aromatic heterocycles. The SMILES string of the molecule is CCn1ncn(-c2cc(C3CC3)cn3cc(C[NH+]=C/C(=N\N)C(=O)NCc4ncn5ccc(Cl)c(F)c45)nc23)c(=O)c1=O. The standard InChI is InChI=1S/C27H25ClFN11O3/c1-2-40-27(43)26(42)39(14-34-40)21-7-16(15-3-4-15)11-38-12-17(35-24(21)38)8-31-9-20(36-30)25(41)32-10-19-23-22(29)18(28)5-6-37(23)13-33-19/h5-7,9,11-15H,2-4,8,10,30H2,1H3,(H,32,41)/p+1/b31-9?,36-20+. The van der Waals surface area contributed by atoms with E-state index in [2.05, 4.69) is 30.5 Å². The van der Waals surface area contributed by atoms with Gasteiger partial charge in [-0.15, -0.1) is 0 Å². The van der Waals surface area contributed by atoms with Crippen molar-refractivity contribution in [2.24, 2.45) is 10.9 Å². The molecule has 0 saturated heterocycles. The number of carbonyl (C=O) groups is 1. The highest BCUT2D eigenvalue weighted by molar-refractivity contribution is 6.59. The van der Waals surface area contributed by atoms with Gasteiger partial charge in [0.2, 0.25) is 5.71 Å². The van der Waals surface area contributed by atoms with Crippen molar-refractivity contribution in [2.45, 2.75) is 45.3 Å². The first-order valence-corrected chi connectivity index (χ1v) is 13.8. The molecule has 0 aliphatic heterocycles. The number of rotatable bonds is 9. The molecule has 16 heteroatoms. The maximum atomic E-state index is 14.5. The van der Waals surface area contributed by atoms with E-state index in [1.807, 2.05) is 16.7 Å². The summed E-state index contributed by atoms with van der Waals surface area (Å²) in [4.78, 5) is 49.9. The van der Waals surface area contributed by atoms with Crippen LogP contribution >= 0.6 is 11.6 Å². The Bertz CT molecular complexity index is 2070. The lowest BCUT2D eigenvalue weighted by molar-refractivity contribution is -0.469. The second-order valence-electron chi connectivity index (χ2n) is 9.97. The average Bonchev–Trinajstić information content (AvgIpc) is 3.65. The van der Waals surface area contributed by atoms with Gasteiger partial charge in [-0.25, -0.2) is 24.0 Å². The number of hydrazone groups is 1. The maximum absolute atomic E-state index is 14.5. The largest absolute Gasteiger partial charge is 0.345 e. The lowest BCUT2D eigenvalue weighted by Gasteiger charge is -2.10. The van der Waals surface area contributed by atoms with Gasteiger partial charge in [-0.1, -0.05) is 11.6 Å². The first-order valence-electron chi connectivity index (χ1n) is 13.4. The van der Waals surface area contributed by atoms with Gasteiger partial charge in [-0.05, 0) is 43.4 Å². The molecule has 0 aromatic carbocycles. The predicted molar refractivity (Wildman–Crippen MR) is 155 cm³/mol. The lowest BCUT2D eigenvalue weighted by atomic mass is 10.2. The molecular formula is C27H26ClFN11O3+. The summed E-state index contributed by atoms with van der Waals surface area (Å²) >= 11 is 5.88. The molecule has 1 aliphatic rings. The van der Waals surface area contributed by atoms with Crippen LogP contribution in [0.1, 0.15) is 42.6 Å². The Hall–Kier alpha value is -5.18. The molecule has 0 bridgehead atoms. The van der Waals surface area contributed by atoms with Crippen LogP contribution in [0.4, 0.5) is 4.39 Å². The van der Waals surface area contributed by atoms with Crippen molar-refractivity contribution >= 4 is 40.6 Å². The number of aromatic nitrogens is 7. The summed E-state index contributed by atoms with van der Waals surface area (Å²) in [5.74, 6) is 4.57.